The average Bonchev–Trinajstić information content (AvgIpc) is 3.34. The van der Waals surface area contributed by atoms with E-state index in [1.807, 2.05) is 60.7 Å². The maximum atomic E-state index is 13.4. The molecule has 0 fully saturated rings. The van der Waals surface area contributed by atoms with Crippen LogP contribution in [0.5, 0.6) is 0 Å². The Hall–Kier alpha value is -4.06. The Morgan fingerprint density at radius 3 is 2.20 bits per heavy atom. The van der Waals surface area contributed by atoms with Crippen LogP contribution in [0.15, 0.2) is 65.2 Å². The van der Waals surface area contributed by atoms with Gasteiger partial charge in [-0.05, 0) is 25.3 Å². The highest BCUT2D eigenvalue weighted by Gasteiger charge is 2.27. The Kier molecular flexibility index (Phi) is 11.8. The second-order valence-electron chi connectivity index (χ2n) is 9.50. The van der Waals surface area contributed by atoms with Crippen LogP contribution in [0.25, 0.3) is 11.3 Å². The minimum absolute atomic E-state index is 0.160. The zero-order chi connectivity index (χ0) is 28.9. The zero-order valence-electron chi connectivity index (χ0n) is 22.8. The van der Waals surface area contributed by atoms with E-state index < -0.39 is 18.0 Å². The van der Waals surface area contributed by atoms with Gasteiger partial charge in [0.1, 0.15) is 17.5 Å². The lowest BCUT2D eigenvalue weighted by molar-refractivity contribution is -0.135. The molecule has 1 heterocycles. The summed E-state index contributed by atoms with van der Waals surface area (Å²) in [7, 11) is 0. The van der Waals surface area contributed by atoms with Gasteiger partial charge >= 0.3 is 0 Å². The summed E-state index contributed by atoms with van der Waals surface area (Å²) in [6, 6.07) is 17.2. The summed E-state index contributed by atoms with van der Waals surface area (Å²) < 4.78 is 5.40. The van der Waals surface area contributed by atoms with E-state index in [0.717, 1.165) is 16.7 Å². The normalized spacial score (nSPS) is 12.4. The summed E-state index contributed by atoms with van der Waals surface area (Å²) in [5.41, 5.74) is 20.5. The van der Waals surface area contributed by atoms with E-state index in [0.29, 0.717) is 37.4 Å². The van der Waals surface area contributed by atoms with Gasteiger partial charge in [0, 0.05) is 43.9 Å². The first-order valence-corrected chi connectivity index (χ1v) is 13.4. The predicted octanol–water partition coefficient (Wildman–Crippen LogP) is 0.847. The number of hydrogen-bond acceptors (Lipinski definition) is 8. The van der Waals surface area contributed by atoms with Crippen LogP contribution in [0.1, 0.15) is 29.7 Å². The van der Waals surface area contributed by atoms with Crippen LogP contribution >= 0.6 is 0 Å². The number of amides is 3. The van der Waals surface area contributed by atoms with Crippen LogP contribution in [0.4, 0.5) is 0 Å². The standard InChI is InChI=1S/C29H39N7O4/c1-20-23(27(35-40-20)22-10-6-3-7-11-22)19-33-29(39)25(13-12-21-8-4-2-5-9-21)34-28(38)24(32)18-26(37)36(16-14-30)17-15-31/h2-11,24-25H,12-19,30-32H2,1H3,(H,33,39)(H,34,38)/t24-,25-/m0/s1. The highest BCUT2D eigenvalue weighted by molar-refractivity contribution is 5.92. The van der Waals surface area contributed by atoms with Crippen molar-refractivity contribution in [2.75, 3.05) is 26.2 Å². The fraction of sp³-hybridized carbons (Fsp3) is 0.379. The molecule has 0 aliphatic rings. The van der Waals surface area contributed by atoms with Crippen molar-refractivity contribution in [3.8, 4) is 11.3 Å². The number of nitrogens with one attached hydrogen (secondary N) is 2. The van der Waals surface area contributed by atoms with Gasteiger partial charge in [-0.25, -0.2) is 0 Å². The fourth-order valence-electron chi connectivity index (χ4n) is 4.31. The lowest BCUT2D eigenvalue weighted by atomic mass is 10.0. The van der Waals surface area contributed by atoms with Crippen molar-refractivity contribution in [1.82, 2.24) is 20.7 Å². The van der Waals surface area contributed by atoms with E-state index in [4.69, 9.17) is 21.7 Å². The third-order valence-corrected chi connectivity index (χ3v) is 6.55. The van der Waals surface area contributed by atoms with Gasteiger partial charge in [0.05, 0.1) is 12.5 Å². The number of rotatable bonds is 15. The van der Waals surface area contributed by atoms with Gasteiger partial charge in [-0.3, -0.25) is 14.4 Å². The first kappa shape index (κ1) is 30.5. The summed E-state index contributed by atoms with van der Waals surface area (Å²) >= 11 is 0. The van der Waals surface area contributed by atoms with Crippen LogP contribution in [-0.4, -0.2) is 66.0 Å². The van der Waals surface area contributed by atoms with E-state index in [1.54, 1.807) is 6.92 Å². The van der Waals surface area contributed by atoms with Crippen LogP contribution < -0.4 is 27.8 Å². The van der Waals surface area contributed by atoms with E-state index in [2.05, 4.69) is 15.8 Å². The fourth-order valence-corrected chi connectivity index (χ4v) is 4.31. The number of hydrogen-bond donors (Lipinski definition) is 5. The number of aromatic nitrogens is 1. The minimum atomic E-state index is -1.14. The molecule has 3 amide bonds. The monoisotopic (exact) mass is 549 g/mol. The third kappa shape index (κ3) is 8.73. The summed E-state index contributed by atoms with van der Waals surface area (Å²) in [6.07, 6.45) is 0.664. The Morgan fingerprint density at radius 1 is 0.950 bits per heavy atom. The van der Waals surface area contributed by atoms with Crippen LogP contribution in [0.2, 0.25) is 0 Å². The van der Waals surface area contributed by atoms with Gasteiger partial charge in [-0.15, -0.1) is 0 Å². The summed E-state index contributed by atoms with van der Waals surface area (Å²) in [5, 5.41) is 9.82. The van der Waals surface area contributed by atoms with Crippen molar-refractivity contribution in [3.05, 3.63) is 77.6 Å². The molecule has 3 rings (SSSR count). The molecular formula is C29H39N7O4. The molecule has 11 nitrogen and oxygen atoms in total. The van der Waals surface area contributed by atoms with E-state index in [1.165, 1.54) is 4.90 Å². The lowest BCUT2D eigenvalue weighted by Crippen LogP contribution is -2.53. The number of aryl methyl sites for hydroxylation is 2. The molecule has 2 atom stereocenters. The quantitative estimate of drug-likeness (QED) is 0.185. The molecule has 0 aliphatic carbocycles. The molecule has 3 aromatic rings. The van der Waals surface area contributed by atoms with Gasteiger partial charge < -0.3 is 37.3 Å². The topological polar surface area (TPSA) is 183 Å². The molecule has 40 heavy (non-hydrogen) atoms. The second-order valence-corrected chi connectivity index (χ2v) is 9.50. The first-order valence-electron chi connectivity index (χ1n) is 13.4. The zero-order valence-corrected chi connectivity index (χ0v) is 22.8. The third-order valence-electron chi connectivity index (χ3n) is 6.55. The Balaban J connectivity index is 1.69. The Bertz CT molecular complexity index is 1230. The largest absolute Gasteiger partial charge is 0.361 e. The van der Waals surface area contributed by atoms with Gasteiger partial charge in [-0.1, -0.05) is 65.8 Å². The van der Waals surface area contributed by atoms with Gasteiger partial charge in [0.15, 0.2) is 0 Å². The Labute approximate surface area is 234 Å². The molecule has 11 heteroatoms. The van der Waals surface area contributed by atoms with Crippen molar-refractivity contribution >= 4 is 17.7 Å². The van der Waals surface area contributed by atoms with E-state index >= 15 is 0 Å². The van der Waals surface area contributed by atoms with E-state index in [9.17, 15) is 14.4 Å². The molecule has 2 aromatic carbocycles. The molecule has 1 aromatic heterocycles. The molecule has 0 radical (unpaired) electrons. The number of nitrogens with two attached hydrogens (primary N) is 3. The summed E-state index contributed by atoms with van der Waals surface area (Å²) in [4.78, 5) is 40.5. The van der Waals surface area contributed by atoms with Crippen LogP contribution in [-0.2, 0) is 27.3 Å². The lowest BCUT2D eigenvalue weighted by Gasteiger charge is -2.24. The number of carbonyl (C=O) groups excluding carboxylic acids is 3. The molecule has 0 saturated heterocycles. The second kappa shape index (κ2) is 15.5. The average molecular weight is 550 g/mol. The van der Waals surface area contributed by atoms with Crippen molar-refractivity contribution in [3.63, 3.8) is 0 Å². The van der Waals surface area contributed by atoms with Crippen molar-refractivity contribution in [2.24, 2.45) is 17.2 Å². The van der Waals surface area contributed by atoms with Crippen LogP contribution in [0.3, 0.4) is 0 Å². The summed E-state index contributed by atoms with van der Waals surface area (Å²) in [6.45, 7) is 3.12. The molecule has 214 valence electrons. The molecule has 0 unspecified atom stereocenters. The number of benzene rings is 2. The molecular weight excluding hydrogens is 510 g/mol. The van der Waals surface area contributed by atoms with Crippen molar-refractivity contribution in [1.29, 1.82) is 0 Å². The number of carbonyl (C=O) groups is 3. The predicted molar refractivity (Wildman–Crippen MR) is 152 cm³/mol. The van der Waals surface area contributed by atoms with Crippen molar-refractivity contribution in [2.45, 2.75) is 44.8 Å². The molecule has 0 spiro atoms. The number of nitrogens with zero attached hydrogens (tertiary/aromatic N) is 2. The first-order chi connectivity index (χ1) is 19.3. The Morgan fingerprint density at radius 2 is 1.57 bits per heavy atom. The highest BCUT2D eigenvalue weighted by Crippen LogP contribution is 2.24. The molecule has 0 bridgehead atoms. The molecule has 0 aliphatic heterocycles. The maximum absolute atomic E-state index is 13.4. The summed E-state index contributed by atoms with van der Waals surface area (Å²) in [5.74, 6) is -0.701. The van der Waals surface area contributed by atoms with E-state index in [-0.39, 0.29) is 37.9 Å². The molecule has 8 N–H and O–H groups in total. The maximum Gasteiger partial charge on any atom is 0.242 e. The van der Waals surface area contributed by atoms with Gasteiger partial charge in [0.2, 0.25) is 17.7 Å². The van der Waals surface area contributed by atoms with Gasteiger partial charge in [0.25, 0.3) is 0 Å². The smallest absolute Gasteiger partial charge is 0.242 e. The SMILES string of the molecule is Cc1onc(-c2ccccc2)c1CNC(=O)[C@H](CCc1ccccc1)NC(=O)[C@@H](N)CC(=O)N(CCN)CCN. The van der Waals surface area contributed by atoms with Crippen LogP contribution in [0, 0.1) is 6.92 Å². The molecule has 0 saturated carbocycles. The highest BCUT2D eigenvalue weighted by atomic mass is 16.5. The minimum Gasteiger partial charge on any atom is -0.361 e. The van der Waals surface area contributed by atoms with Gasteiger partial charge in [-0.2, -0.15) is 0 Å². The van der Waals surface area contributed by atoms with Crippen molar-refractivity contribution < 1.29 is 18.9 Å².